The third-order valence-corrected chi connectivity index (χ3v) is 5.39. The molecule has 4 nitrogen and oxygen atoms in total. The Labute approximate surface area is 165 Å². The minimum Gasteiger partial charge on any atom is -0.476 e. The smallest absolute Gasteiger partial charge is 0.240 e. The van der Waals surface area contributed by atoms with Gasteiger partial charge in [0.05, 0.1) is 24.1 Å². The van der Waals surface area contributed by atoms with Crippen LogP contribution < -0.4 is 4.74 Å². The van der Waals surface area contributed by atoms with Crippen molar-refractivity contribution in [2.75, 3.05) is 26.2 Å². The summed E-state index contributed by atoms with van der Waals surface area (Å²) in [7, 11) is 0. The van der Waals surface area contributed by atoms with Crippen LogP contribution in [0.25, 0.3) is 10.9 Å². The van der Waals surface area contributed by atoms with Gasteiger partial charge < -0.3 is 9.64 Å². The summed E-state index contributed by atoms with van der Waals surface area (Å²) in [6, 6.07) is 16.2. The Bertz CT molecular complexity index is 884. The molecule has 5 heteroatoms. The lowest BCUT2D eigenvalue weighted by atomic mass is 10.2. The molecule has 3 aromatic rings. The van der Waals surface area contributed by atoms with Crippen molar-refractivity contribution in [2.24, 2.45) is 5.92 Å². The van der Waals surface area contributed by atoms with E-state index >= 15 is 0 Å². The standard InChI is InChI=1S/C22H26ClN3O/c1-17(14-25-12-4-5-13-25)16-27-22-20-6-2-3-7-21(20)26(24-22)15-18-8-10-19(23)11-9-18/h2-3,6-11,17H,4-5,12-16H2,1H3/t17-/m0/s1. The zero-order valence-corrected chi connectivity index (χ0v) is 16.5. The summed E-state index contributed by atoms with van der Waals surface area (Å²) in [4.78, 5) is 2.53. The molecule has 4 rings (SSSR count). The van der Waals surface area contributed by atoms with E-state index in [-0.39, 0.29) is 0 Å². The maximum atomic E-state index is 6.15. The Balaban J connectivity index is 1.48. The first-order chi connectivity index (χ1) is 13.2. The van der Waals surface area contributed by atoms with Crippen molar-refractivity contribution < 1.29 is 4.74 Å². The molecule has 1 saturated heterocycles. The average molecular weight is 384 g/mol. The second-order valence-electron chi connectivity index (χ2n) is 7.53. The molecule has 0 saturated carbocycles. The molecule has 0 spiro atoms. The van der Waals surface area contributed by atoms with Gasteiger partial charge in [0.15, 0.2) is 0 Å². The molecule has 2 heterocycles. The van der Waals surface area contributed by atoms with Gasteiger partial charge in [0, 0.05) is 17.5 Å². The second-order valence-corrected chi connectivity index (χ2v) is 7.97. The number of fused-ring (bicyclic) bond motifs is 1. The normalized spacial score (nSPS) is 16.1. The van der Waals surface area contributed by atoms with Gasteiger partial charge in [-0.05, 0) is 55.8 Å². The van der Waals surface area contributed by atoms with E-state index < -0.39 is 0 Å². The molecular weight excluding hydrogens is 358 g/mol. The van der Waals surface area contributed by atoms with Crippen molar-refractivity contribution in [1.82, 2.24) is 14.7 Å². The number of hydrogen-bond acceptors (Lipinski definition) is 3. The molecule has 1 aliphatic heterocycles. The first-order valence-corrected chi connectivity index (χ1v) is 10.1. The number of likely N-dealkylation sites (tertiary alicyclic amines) is 1. The summed E-state index contributed by atoms with van der Waals surface area (Å²) in [5.74, 6) is 1.22. The quantitative estimate of drug-likeness (QED) is 0.584. The minimum atomic E-state index is 0.489. The van der Waals surface area contributed by atoms with Crippen LogP contribution in [0.5, 0.6) is 5.88 Å². The van der Waals surface area contributed by atoms with E-state index in [0.29, 0.717) is 19.1 Å². The van der Waals surface area contributed by atoms with Gasteiger partial charge in [0.25, 0.3) is 0 Å². The lowest BCUT2D eigenvalue weighted by molar-refractivity contribution is 0.201. The van der Waals surface area contributed by atoms with Crippen LogP contribution >= 0.6 is 11.6 Å². The number of nitrogens with zero attached hydrogens (tertiary/aromatic N) is 3. The van der Waals surface area contributed by atoms with E-state index in [9.17, 15) is 0 Å². The van der Waals surface area contributed by atoms with E-state index in [1.54, 1.807) is 0 Å². The predicted molar refractivity (Wildman–Crippen MR) is 111 cm³/mol. The summed E-state index contributed by atoms with van der Waals surface area (Å²) in [6.07, 6.45) is 2.65. The lowest BCUT2D eigenvalue weighted by Crippen LogP contribution is -2.28. The number of ether oxygens (including phenoxy) is 1. The molecule has 1 atom stereocenters. The highest BCUT2D eigenvalue weighted by atomic mass is 35.5. The molecule has 1 fully saturated rings. The Kier molecular flexibility index (Phi) is 5.65. The fourth-order valence-electron chi connectivity index (χ4n) is 3.77. The van der Waals surface area contributed by atoms with Gasteiger partial charge in [-0.25, -0.2) is 0 Å². The van der Waals surface area contributed by atoms with E-state index in [0.717, 1.165) is 28.4 Å². The van der Waals surface area contributed by atoms with Gasteiger partial charge in [-0.1, -0.05) is 42.8 Å². The molecular formula is C22H26ClN3O. The fraction of sp³-hybridized carbons (Fsp3) is 0.409. The van der Waals surface area contributed by atoms with Gasteiger partial charge in [0.2, 0.25) is 5.88 Å². The molecule has 0 unspecified atom stereocenters. The third-order valence-electron chi connectivity index (χ3n) is 5.14. The maximum Gasteiger partial charge on any atom is 0.240 e. The van der Waals surface area contributed by atoms with Crippen molar-refractivity contribution in [1.29, 1.82) is 0 Å². The van der Waals surface area contributed by atoms with E-state index in [4.69, 9.17) is 21.4 Å². The first kappa shape index (κ1) is 18.3. The summed E-state index contributed by atoms with van der Waals surface area (Å²) in [5.41, 5.74) is 2.26. The Morgan fingerprint density at radius 3 is 2.59 bits per heavy atom. The van der Waals surface area contributed by atoms with Crippen molar-refractivity contribution in [3.05, 3.63) is 59.1 Å². The van der Waals surface area contributed by atoms with Crippen molar-refractivity contribution in [3.8, 4) is 5.88 Å². The largest absolute Gasteiger partial charge is 0.476 e. The molecule has 27 heavy (non-hydrogen) atoms. The average Bonchev–Trinajstić information content (AvgIpc) is 3.30. The molecule has 0 bridgehead atoms. The van der Waals surface area contributed by atoms with Gasteiger partial charge in [0.1, 0.15) is 0 Å². The van der Waals surface area contributed by atoms with Crippen LogP contribution in [-0.4, -0.2) is 40.9 Å². The molecule has 0 radical (unpaired) electrons. The zero-order chi connectivity index (χ0) is 18.6. The van der Waals surface area contributed by atoms with Crippen molar-refractivity contribution in [3.63, 3.8) is 0 Å². The van der Waals surface area contributed by atoms with E-state index in [1.165, 1.54) is 31.5 Å². The Morgan fingerprint density at radius 2 is 1.81 bits per heavy atom. The monoisotopic (exact) mass is 383 g/mol. The molecule has 1 aromatic heterocycles. The predicted octanol–water partition coefficient (Wildman–Crippen LogP) is 4.85. The van der Waals surface area contributed by atoms with E-state index in [2.05, 4.69) is 24.0 Å². The molecule has 0 aliphatic carbocycles. The van der Waals surface area contributed by atoms with Crippen LogP contribution in [0.2, 0.25) is 5.02 Å². The highest BCUT2D eigenvalue weighted by molar-refractivity contribution is 6.30. The summed E-state index contributed by atoms with van der Waals surface area (Å²) in [5, 5.41) is 6.58. The topological polar surface area (TPSA) is 30.3 Å². The highest BCUT2D eigenvalue weighted by Crippen LogP contribution is 2.26. The fourth-order valence-corrected chi connectivity index (χ4v) is 3.89. The third kappa shape index (κ3) is 4.45. The van der Waals surface area contributed by atoms with Crippen LogP contribution in [0.4, 0.5) is 0 Å². The minimum absolute atomic E-state index is 0.489. The van der Waals surface area contributed by atoms with Gasteiger partial charge >= 0.3 is 0 Å². The summed E-state index contributed by atoms with van der Waals surface area (Å²) >= 11 is 6.00. The summed E-state index contributed by atoms with van der Waals surface area (Å²) in [6.45, 7) is 7.20. The summed E-state index contributed by atoms with van der Waals surface area (Å²) < 4.78 is 8.16. The zero-order valence-electron chi connectivity index (χ0n) is 15.8. The van der Waals surface area contributed by atoms with Crippen LogP contribution in [0.3, 0.4) is 0 Å². The number of benzene rings is 2. The maximum absolute atomic E-state index is 6.15. The Hall–Kier alpha value is -2.04. The molecule has 142 valence electrons. The van der Waals surface area contributed by atoms with Crippen LogP contribution in [0, 0.1) is 5.92 Å². The number of aromatic nitrogens is 2. The van der Waals surface area contributed by atoms with Gasteiger partial charge in [-0.15, -0.1) is 5.10 Å². The molecule has 0 amide bonds. The first-order valence-electron chi connectivity index (χ1n) is 9.74. The van der Waals surface area contributed by atoms with Crippen LogP contribution in [0.15, 0.2) is 48.5 Å². The van der Waals surface area contributed by atoms with Crippen molar-refractivity contribution >= 4 is 22.5 Å². The van der Waals surface area contributed by atoms with Crippen LogP contribution in [-0.2, 0) is 6.54 Å². The number of rotatable bonds is 7. The second kappa shape index (κ2) is 8.32. The van der Waals surface area contributed by atoms with Gasteiger partial charge in [-0.3, -0.25) is 4.68 Å². The van der Waals surface area contributed by atoms with E-state index in [1.807, 2.05) is 41.1 Å². The number of para-hydroxylation sites is 1. The number of hydrogen-bond donors (Lipinski definition) is 0. The molecule has 0 N–H and O–H groups in total. The van der Waals surface area contributed by atoms with Crippen LogP contribution in [0.1, 0.15) is 25.3 Å². The van der Waals surface area contributed by atoms with Crippen molar-refractivity contribution in [2.45, 2.75) is 26.3 Å². The SMILES string of the molecule is C[C@H](COc1nn(Cc2ccc(Cl)cc2)c2ccccc12)CN1CCCC1. The lowest BCUT2D eigenvalue weighted by Gasteiger charge is -2.19. The molecule has 1 aliphatic rings. The van der Waals surface area contributed by atoms with Gasteiger partial charge in [-0.2, -0.15) is 0 Å². The highest BCUT2D eigenvalue weighted by Gasteiger charge is 2.17. The number of halogens is 1. The molecule has 2 aromatic carbocycles. The Morgan fingerprint density at radius 1 is 1.07 bits per heavy atom.